The zero-order valence-corrected chi connectivity index (χ0v) is 12.2. The van der Waals surface area contributed by atoms with E-state index >= 15 is 0 Å². The van der Waals surface area contributed by atoms with Gasteiger partial charge in [-0.2, -0.15) is 0 Å². The van der Waals surface area contributed by atoms with Gasteiger partial charge in [0.05, 0.1) is 12.1 Å². The Kier molecular flexibility index (Phi) is 3.96. The fourth-order valence-electron chi connectivity index (χ4n) is 2.18. The van der Waals surface area contributed by atoms with E-state index in [0.29, 0.717) is 11.6 Å². The number of benzene rings is 2. The summed E-state index contributed by atoms with van der Waals surface area (Å²) in [5.74, 6) is 1.20. The molecule has 22 heavy (non-hydrogen) atoms. The predicted octanol–water partition coefficient (Wildman–Crippen LogP) is 2.45. The van der Waals surface area contributed by atoms with E-state index in [1.807, 2.05) is 54.6 Å². The van der Waals surface area contributed by atoms with Gasteiger partial charge in [0.2, 0.25) is 5.91 Å². The van der Waals surface area contributed by atoms with Crippen molar-refractivity contribution in [2.45, 2.75) is 0 Å². The molecule has 0 spiro atoms. The van der Waals surface area contributed by atoms with E-state index in [4.69, 9.17) is 0 Å². The van der Waals surface area contributed by atoms with Crippen LogP contribution in [0, 0.1) is 0 Å². The van der Waals surface area contributed by atoms with Crippen molar-refractivity contribution in [1.29, 1.82) is 0 Å². The number of aromatic nitrogens is 2. The lowest BCUT2D eigenvalue weighted by atomic mass is 10.2. The van der Waals surface area contributed by atoms with Crippen LogP contribution < -0.4 is 10.6 Å². The summed E-state index contributed by atoms with van der Waals surface area (Å²) in [6, 6.07) is 17.5. The van der Waals surface area contributed by atoms with Crippen LogP contribution in [0.3, 0.4) is 0 Å². The Labute approximate surface area is 128 Å². The molecule has 0 aliphatic carbocycles. The second-order valence-electron chi connectivity index (χ2n) is 4.81. The lowest BCUT2D eigenvalue weighted by molar-refractivity contribution is -0.118. The quantitative estimate of drug-likeness (QED) is 0.775. The molecular formula is C17H16N4O. The van der Waals surface area contributed by atoms with Gasteiger partial charge in [-0.05, 0) is 12.1 Å². The minimum atomic E-state index is -0.0936. The van der Waals surface area contributed by atoms with Crippen LogP contribution in [0.4, 0.5) is 5.82 Å². The molecule has 5 nitrogen and oxygen atoms in total. The molecule has 3 rings (SSSR count). The highest BCUT2D eigenvalue weighted by Gasteiger charge is 2.09. The smallest absolute Gasteiger partial charge is 0.239 e. The number of anilines is 1. The maximum atomic E-state index is 11.5. The number of nitrogens with one attached hydrogen (secondary N) is 2. The van der Waals surface area contributed by atoms with Crippen molar-refractivity contribution in [3.63, 3.8) is 0 Å². The first-order valence-corrected chi connectivity index (χ1v) is 7.04. The highest BCUT2D eigenvalue weighted by atomic mass is 16.1. The van der Waals surface area contributed by atoms with E-state index in [0.717, 1.165) is 16.5 Å². The van der Waals surface area contributed by atoms with Crippen molar-refractivity contribution < 1.29 is 4.79 Å². The number of rotatable bonds is 4. The second-order valence-corrected chi connectivity index (χ2v) is 4.81. The third kappa shape index (κ3) is 2.88. The second kappa shape index (κ2) is 6.22. The first-order chi connectivity index (χ1) is 10.8. The number of hydrogen-bond acceptors (Lipinski definition) is 4. The van der Waals surface area contributed by atoms with Crippen LogP contribution in [0.1, 0.15) is 0 Å². The molecule has 0 fully saturated rings. The van der Waals surface area contributed by atoms with Gasteiger partial charge in [-0.1, -0.05) is 42.5 Å². The van der Waals surface area contributed by atoms with Crippen molar-refractivity contribution in [3.8, 4) is 11.4 Å². The molecule has 0 radical (unpaired) electrons. The van der Waals surface area contributed by atoms with E-state index in [-0.39, 0.29) is 12.5 Å². The van der Waals surface area contributed by atoms with Crippen LogP contribution in [0.25, 0.3) is 22.3 Å². The third-order valence-electron chi connectivity index (χ3n) is 3.33. The molecule has 0 aliphatic rings. The number of carbonyl (C=O) groups is 1. The zero-order chi connectivity index (χ0) is 15.4. The standard InChI is InChI=1S/C17H16N4O/c1-18-15(22)11-19-17-13-9-5-6-10-14(13)20-16(21-17)12-7-3-2-4-8-12/h2-10H,11H2,1H3,(H,18,22)(H,19,20,21). The summed E-state index contributed by atoms with van der Waals surface area (Å²) < 4.78 is 0. The highest BCUT2D eigenvalue weighted by molar-refractivity contribution is 5.92. The molecule has 5 heteroatoms. The summed E-state index contributed by atoms with van der Waals surface area (Å²) in [5, 5.41) is 6.56. The monoisotopic (exact) mass is 292 g/mol. The third-order valence-corrected chi connectivity index (χ3v) is 3.33. The molecule has 0 unspecified atom stereocenters. The van der Waals surface area contributed by atoms with Crippen molar-refractivity contribution in [2.24, 2.45) is 0 Å². The van der Waals surface area contributed by atoms with Crippen molar-refractivity contribution in [2.75, 3.05) is 18.9 Å². The molecule has 110 valence electrons. The Morgan fingerprint density at radius 3 is 2.50 bits per heavy atom. The Morgan fingerprint density at radius 1 is 1.00 bits per heavy atom. The molecule has 0 bridgehead atoms. The number of carbonyl (C=O) groups excluding carboxylic acids is 1. The van der Waals surface area contributed by atoms with Gasteiger partial charge in [-0.25, -0.2) is 9.97 Å². The van der Waals surface area contributed by atoms with Gasteiger partial charge in [0.25, 0.3) is 0 Å². The number of amides is 1. The van der Waals surface area contributed by atoms with E-state index in [1.54, 1.807) is 7.05 Å². The Bertz CT molecular complexity index is 802. The lowest BCUT2D eigenvalue weighted by Gasteiger charge is -2.10. The molecule has 2 aromatic carbocycles. The molecule has 0 aliphatic heterocycles. The molecular weight excluding hydrogens is 276 g/mol. The Morgan fingerprint density at radius 2 is 1.73 bits per heavy atom. The molecule has 1 aromatic heterocycles. The van der Waals surface area contributed by atoms with Crippen LogP contribution in [0.5, 0.6) is 0 Å². The van der Waals surface area contributed by atoms with Crippen molar-refractivity contribution >= 4 is 22.6 Å². The summed E-state index contributed by atoms with van der Waals surface area (Å²) >= 11 is 0. The summed E-state index contributed by atoms with van der Waals surface area (Å²) in [7, 11) is 1.61. The van der Waals surface area contributed by atoms with E-state index in [2.05, 4.69) is 20.6 Å². The van der Waals surface area contributed by atoms with Crippen LogP contribution >= 0.6 is 0 Å². The first kappa shape index (κ1) is 14.0. The summed E-state index contributed by atoms with van der Waals surface area (Å²) in [5.41, 5.74) is 1.78. The summed E-state index contributed by atoms with van der Waals surface area (Å²) in [4.78, 5) is 20.6. The molecule has 1 amide bonds. The van der Waals surface area contributed by atoms with Crippen LogP contribution in [-0.2, 0) is 4.79 Å². The van der Waals surface area contributed by atoms with Gasteiger partial charge >= 0.3 is 0 Å². The fourth-order valence-corrected chi connectivity index (χ4v) is 2.18. The van der Waals surface area contributed by atoms with Crippen LogP contribution in [0.2, 0.25) is 0 Å². The average Bonchev–Trinajstić information content (AvgIpc) is 2.59. The zero-order valence-electron chi connectivity index (χ0n) is 12.2. The van der Waals surface area contributed by atoms with Crippen LogP contribution in [-0.4, -0.2) is 29.5 Å². The van der Waals surface area contributed by atoms with Gasteiger partial charge in [0, 0.05) is 18.0 Å². The van der Waals surface area contributed by atoms with E-state index in [1.165, 1.54) is 0 Å². The maximum Gasteiger partial charge on any atom is 0.239 e. The number of hydrogen-bond donors (Lipinski definition) is 2. The largest absolute Gasteiger partial charge is 0.360 e. The topological polar surface area (TPSA) is 66.9 Å². The Hall–Kier alpha value is -2.95. The molecule has 3 aromatic rings. The average molecular weight is 292 g/mol. The van der Waals surface area contributed by atoms with Gasteiger partial charge in [-0.3, -0.25) is 4.79 Å². The van der Waals surface area contributed by atoms with Gasteiger partial charge in [-0.15, -0.1) is 0 Å². The number of likely N-dealkylation sites (N-methyl/N-ethyl adjacent to an activating group) is 1. The number of para-hydroxylation sites is 1. The molecule has 1 heterocycles. The highest BCUT2D eigenvalue weighted by Crippen LogP contribution is 2.24. The minimum absolute atomic E-state index is 0.0936. The van der Waals surface area contributed by atoms with Gasteiger partial charge < -0.3 is 10.6 Å². The van der Waals surface area contributed by atoms with Crippen LogP contribution in [0.15, 0.2) is 54.6 Å². The molecule has 0 saturated heterocycles. The maximum absolute atomic E-state index is 11.5. The normalized spacial score (nSPS) is 10.4. The lowest BCUT2D eigenvalue weighted by Crippen LogP contribution is -2.26. The first-order valence-electron chi connectivity index (χ1n) is 7.04. The summed E-state index contributed by atoms with van der Waals surface area (Å²) in [6.45, 7) is 0.172. The van der Waals surface area contributed by atoms with Crippen molar-refractivity contribution in [3.05, 3.63) is 54.6 Å². The van der Waals surface area contributed by atoms with Gasteiger partial charge in [0.1, 0.15) is 5.82 Å². The van der Waals surface area contributed by atoms with Gasteiger partial charge in [0.15, 0.2) is 5.82 Å². The van der Waals surface area contributed by atoms with E-state index < -0.39 is 0 Å². The minimum Gasteiger partial charge on any atom is -0.360 e. The number of nitrogens with zero attached hydrogens (tertiary/aromatic N) is 2. The number of fused-ring (bicyclic) bond motifs is 1. The molecule has 0 saturated carbocycles. The SMILES string of the molecule is CNC(=O)CNc1nc(-c2ccccc2)nc2ccccc12. The molecule has 0 atom stereocenters. The summed E-state index contributed by atoms with van der Waals surface area (Å²) in [6.07, 6.45) is 0. The fraction of sp³-hybridized carbons (Fsp3) is 0.118. The Balaban J connectivity index is 2.06. The molecule has 2 N–H and O–H groups in total. The van der Waals surface area contributed by atoms with Crippen molar-refractivity contribution in [1.82, 2.24) is 15.3 Å². The van der Waals surface area contributed by atoms with E-state index in [9.17, 15) is 4.79 Å². The predicted molar refractivity (Wildman–Crippen MR) is 87.5 cm³/mol.